The zero-order valence-corrected chi connectivity index (χ0v) is 77.3. The van der Waals surface area contributed by atoms with Gasteiger partial charge in [0.15, 0.2) is 6.10 Å². The average molecular weight is 1710 g/mol. The van der Waals surface area contributed by atoms with Gasteiger partial charge in [-0.3, -0.25) is 32.5 Å². The molecule has 0 aromatic heterocycles. The normalized spacial score (nSPS) is 14.4. The van der Waals surface area contributed by atoms with Crippen LogP contribution in [0.15, 0.2) is 158 Å². The van der Waals surface area contributed by atoms with E-state index in [1.54, 1.807) is 0 Å². The molecule has 0 radical (unpaired) electrons. The molecule has 0 aromatic rings. The molecule has 0 amide bonds. The second-order valence-corrected chi connectivity index (χ2v) is 34.7. The summed E-state index contributed by atoms with van der Waals surface area (Å²) in [5, 5.41) is 20.7. The predicted octanol–water partition coefficient (Wildman–Crippen LogP) is 29.7. The van der Waals surface area contributed by atoms with Gasteiger partial charge in [-0.1, -0.05) is 391 Å². The Morgan fingerprint density at radius 3 is 0.706 bits per heavy atom. The van der Waals surface area contributed by atoms with Gasteiger partial charge in [0.05, 0.1) is 26.4 Å². The van der Waals surface area contributed by atoms with Crippen LogP contribution in [0.4, 0.5) is 0 Å². The van der Waals surface area contributed by atoms with Crippen LogP contribution in [0.25, 0.3) is 0 Å². The van der Waals surface area contributed by atoms with E-state index in [2.05, 4.69) is 179 Å². The Morgan fingerprint density at radius 2 is 0.445 bits per heavy atom. The van der Waals surface area contributed by atoms with E-state index >= 15 is 0 Å². The first-order chi connectivity index (χ1) is 58.2. The highest BCUT2D eigenvalue weighted by Gasteiger charge is 2.30. The predicted molar refractivity (Wildman–Crippen MR) is 500 cm³/mol. The number of aliphatic hydroxyl groups is 2. The molecule has 119 heavy (non-hydrogen) atoms. The lowest BCUT2D eigenvalue weighted by atomic mass is 10.0. The molecule has 0 heterocycles. The molecule has 0 saturated carbocycles. The Hall–Kier alpha value is -4.83. The Balaban J connectivity index is 4.54. The summed E-state index contributed by atoms with van der Waals surface area (Å²) in [5.74, 6) is -1.58. The number of esters is 3. The molecular formula is C101H174O16P2. The summed E-state index contributed by atoms with van der Waals surface area (Å²) in [5.41, 5.74) is 0. The number of rotatable bonds is 90. The molecule has 0 saturated heterocycles. The van der Waals surface area contributed by atoms with Crippen molar-refractivity contribution in [2.24, 2.45) is 0 Å². The smallest absolute Gasteiger partial charge is 0.463 e. The molecule has 0 spiro atoms. The molecule has 0 aliphatic heterocycles. The van der Waals surface area contributed by atoms with Crippen LogP contribution in [-0.2, 0) is 55.8 Å². The fourth-order valence-electron chi connectivity index (χ4n) is 13.0. The number of allylic oxidation sites excluding steroid dienone is 26. The molecule has 0 fully saturated rings. The van der Waals surface area contributed by atoms with Crippen LogP contribution in [0.1, 0.15) is 406 Å². The summed E-state index contributed by atoms with van der Waals surface area (Å²) in [4.78, 5) is 59.0. The third kappa shape index (κ3) is 93.7. The van der Waals surface area contributed by atoms with Crippen molar-refractivity contribution in [1.29, 1.82) is 0 Å². The van der Waals surface area contributed by atoms with E-state index in [0.29, 0.717) is 19.3 Å². The third-order valence-corrected chi connectivity index (χ3v) is 22.1. The number of phosphoric ester groups is 2. The summed E-state index contributed by atoms with van der Waals surface area (Å²) in [6, 6.07) is 0. The number of phosphoric acid groups is 2. The van der Waals surface area contributed by atoms with Gasteiger partial charge >= 0.3 is 33.6 Å². The molecule has 18 heteroatoms. The number of carbonyl (C=O) groups excluding carboxylic acids is 3. The van der Waals surface area contributed by atoms with E-state index < -0.39 is 91.5 Å². The average Bonchev–Trinajstić information content (AvgIpc) is 0.903. The standard InChI is InChI=1S/C101H174O16P2/c1-4-7-10-13-16-19-22-25-28-31-34-36-38-40-42-44-46-47-49-51-52-54-56-58-61-63-66-69-72-75-78-81-84-87-99(104)111-90-96(102)91-113-118(107,108)114-92-97(103)93-115-119(109,110)116-95-98(117-101(106)89-86-83-80-77-74-71-68-65-60-33-30-27-24-21-18-15-12-9-6-3)94-112-100(105)88-85-82-79-76-73-70-67-64-62-59-57-55-53-50-48-45-43-41-39-37-35-32-29-26-23-20-17-14-11-8-5-2/h8,11,16-21,25-30,34-37,40-43,48,50,60,65,96-98,102-103H,4-7,9-10,12-15,22-24,31-33,38-39,44-47,49,51-59,61-64,66-95H2,1-3H3,(H,107,108)(H,109,110)/b11-8-,19-16-,20-17-,21-18-,28-25-,29-26-,30-27-,36-34-,37-35-,42-40-,43-41-,50-48-,65-60-. The Kier molecular flexibility index (Phi) is 88.6. The zero-order valence-electron chi connectivity index (χ0n) is 75.5. The van der Waals surface area contributed by atoms with Crippen molar-refractivity contribution in [3.05, 3.63) is 158 Å². The highest BCUT2D eigenvalue weighted by molar-refractivity contribution is 7.47. The largest absolute Gasteiger partial charge is 0.472 e. The second kappa shape index (κ2) is 92.4. The molecule has 0 aliphatic carbocycles. The quantitative estimate of drug-likeness (QED) is 0.0146. The fraction of sp³-hybridized carbons (Fsp3) is 0.713. The molecular weight excluding hydrogens is 1530 g/mol. The summed E-state index contributed by atoms with van der Waals surface area (Å²) in [6.07, 6.45) is 119. The summed E-state index contributed by atoms with van der Waals surface area (Å²) in [7, 11) is -9.81. The Bertz CT molecular complexity index is 2790. The Labute approximate surface area is 727 Å². The van der Waals surface area contributed by atoms with Crippen molar-refractivity contribution in [3.63, 3.8) is 0 Å². The lowest BCUT2D eigenvalue weighted by Gasteiger charge is -2.21. The van der Waals surface area contributed by atoms with Crippen LogP contribution in [0.3, 0.4) is 0 Å². The van der Waals surface area contributed by atoms with Crippen molar-refractivity contribution in [1.82, 2.24) is 0 Å². The number of hydrogen-bond acceptors (Lipinski definition) is 14. The minimum Gasteiger partial charge on any atom is -0.463 e. The maximum atomic E-state index is 13.1. The number of unbranched alkanes of at least 4 members (excludes halogenated alkanes) is 41. The van der Waals surface area contributed by atoms with Crippen molar-refractivity contribution in [2.45, 2.75) is 424 Å². The SMILES string of the molecule is CC/C=C\C/C=C\C/C=C\C/C=C\C/C=C\C/C=C\CCCCCCCCCCCCCCC(=O)OCC(COP(=O)(O)OCC(O)COP(=O)(O)OCC(O)COC(=O)CCCCCCCCCCCCCCCCCCC/C=C\C/C=C\C/C=C\C/C=C\CCCCC)OC(=O)CCCCCCCC/C=C\C/C=C\C/C=C\CCCCC. The number of aliphatic hydroxyl groups excluding tert-OH is 2. The Morgan fingerprint density at radius 1 is 0.244 bits per heavy atom. The summed E-state index contributed by atoms with van der Waals surface area (Å²) in [6.45, 7) is 2.55. The van der Waals surface area contributed by atoms with Gasteiger partial charge in [0.25, 0.3) is 0 Å². The first-order valence-corrected chi connectivity index (χ1v) is 50.8. The van der Waals surface area contributed by atoms with Gasteiger partial charge in [-0.15, -0.1) is 0 Å². The number of carbonyl (C=O) groups is 3. The van der Waals surface area contributed by atoms with Gasteiger partial charge in [0.2, 0.25) is 0 Å². The van der Waals surface area contributed by atoms with Gasteiger partial charge in [-0.05, 0) is 154 Å². The maximum absolute atomic E-state index is 13.1. The van der Waals surface area contributed by atoms with Crippen LogP contribution >= 0.6 is 15.6 Å². The molecule has 16 nitrogen and oxygen atoms in total. The van der Waals surface area contributed by atoms with Gasteiger partial charge in [0, 0.05) is 19.3 Å². The number of ether oxygens (including phenoxy) is 3. The van der Waals surface area contributed by atoms with Crippen molar-refractivity contribution < 1.29 is 75.8 Å². The highest BCUT2D eigenvalue weighted by Crippen LogP contribution is 2.45. The van der Waals surface area contributed by atoms with Crippen molar-refractivity contribution in [3.8, 4) is 0 Å². The van der Waals surface area contributed by atoms with E-state index in [1.807, 2.05) is 0 Å². The minimum atomic E-state index is -4.95. The first kappa shape index (κ1) is 114. The molecule has 4 N–H and O–H groups in total. The van der Waals surface area contributed by atoms with E-state index in [1.165, 1.54) is 180 Å². The van der Waals surface area contributed by atoms with Crippen LogP contribution in [0, 0.1) is 0 Å². The van der Waals surface area contributed by atoms with Gasteiger partial charge in [-0.2, -0.15) is 0 Å². The van der Waals surface area contributed by atoms with Crippen LogP contribution in [0.2, 0.25) is 0 Å². The minimum absolute atomic E-state index is 0.0870. The van der Waals surface area contributed by atoms with Gasteiger partial charge < -0.3 is 34.2 Å². The topological polar surface area (TPSA) is 231 Å². The number of hydrogen-bond donors (Lipinski definition) is 4. The van der Waals surface area contributed by atoms with E-state index in [-0.39, 0.29) is 19.3 Å². The third-order valence-electron chi connectivity index (χ3n) is 20.2. The van der Waals surface area contributed by atoms with E-state index in [0.717, 1.165) is 167 Å². The van der Waals surface area contributed by atoms with Gasteiger partial charge in [-0.25, -0.2) is 9.13 Å². The van der Waals surface area contributed by atoms with E-state index in [9.17, 15) is 43.5 Å². The lowest BCUT2D eigenvalue weighted by molar-refractivity contribution is -0.161. The highest BCUT2D eigenvalue weighted by atomic mass is 31.2. The van der Waals surface area contributed by atoms with Crippen molar-refractivity contribution >= 4 is 33.6 Å². The molecule has 5 atom stereocenters. The van der Waals surface area contributed by atoms with Crippen molar-refractivity contribution in [2.75, 3.05) is 39.6 Å². The molecule has 0 bridgehead atoms. The molecule has 0 aromatic carbocycles. The van der Waals surface area contributed by atoms with Crippen LogP contribution < -0.4 is 0 Å². The van der Waals surface area contributed by atoms with E-state index in [4.69, 9.17) is 32.3 Å². The summed E-state index contributed by atoms with van der Waals surface area (Å²) < 4.78 is 61.5. The first-order valence-electron chi connectivity index (χ1n) is 47.8. The molecule has 684 valence electrons. The molecule has 5 unspecified atom stereocenters. The maximum Gasteiger partial charge on any atom is 0.472 e. The molecule has 0 aliphatic rings. The lowest BCUT2D eigenvalue weighted by Crippen LogP contribution is -2.30. The van der Waals surface area contributed by atoms with Gasteiger partial charge in [0.1, 0.15) is 25.4 Å². The summed E-state index contributed by atoms with van der Waals surface area (Å²) >= 11 is 0. The zero-order chi connectivity index (χ0) is 86.5. The van der Waals surface area contributed by atoms with Crippen LogP contribution in [-0.4, -0.2) is 95.9 Å². The monoisotopic (exact) mass is 1710 g/mol. The van der Waals surface area contributed by atoms with Crippen LogP contribution in [0.5, 0.6) is 0 Å². The molecule has 0 rings (SSSR count). The second-order valence-electron chi connectivity index (χ2n) is 31.8. The fourth-order valence-corrected chi connectivity index (χ4v) is 14.6.